The van der Waals surface area contributed by atoms with Gasteiger partial charge in [-0.2, -0.15) is 4.98 Å². The van der Waals surface area contributed by atoms with Crippen molar-refractivity contribution in [3.8, 4) is 0 Å². The van der Waals surface area contributed by atoms with Crippen molar-refractivity contribution >= 4 is 43.4 Å². The van der Waals surface area contributed by atoms with E-state index in [-0.39, 0.29) is 17.5 Å². The highest BCUT2D eigenvalue weighted by Crippen LogP contribution is 2.23. The van der Waals surface area contributed by atoms with Crippen LogP contribution in [0.3, 0.4) is 0 Å². The monoisotopic (exact) mass is 519 g/mol. The molecule has 3 aromatic rings. The maximum absolute atomic E-state index is 12.7. The Morgan fingerprint density at radius 1 is 1.12 bits per heavy atom. The van der Waals surface area contributed by atoms with Gasteiger partial charge in [0, 0.05) is 24.5 Å². The zero-order valence-electron chi connectivity index (χ0n) is 17.6. The zero-order valence-corrected chi connectivity index (χ0v) is 20.0. The third kappa shape index (κ3) is 6.99. The second-order valence-corrected chi connectivity index (χ2v) is 9.88. The van der Waals surface area contributed by atoms with Gasteiger partial charge in [-0.3, -0.25) is 0 Å². The number of hydrogen-bond donors (Lipinski definition) is 4. The van der Waals surface area contributed by atoms with Gasteiger partial charge in [-0.15, -0.1) is 0 Å². The van der Waals surface area contributed by atoms with Crippen molar-refractivity contribution in [3.63, 3.8) is 0 Å². The summed E-state index contributed by atoms with van der Waals surface area (Å²) in [5, 5.41) is 15.3. The van der Waals surface area contributed by atoms with E-state index in [2.05, 4.69) is 41.3 Å². The Labute approximate surface area is 196 Å². The van der Waals surface area contributed by atoms with E-state index in [0.29, 0.717) is 34.9 Å². The van der Waals surface area contributed by atoms with E-state index in [4.69, 9.17) is 0 Å². The SMILES string of the molecule is C[C@H](CO)Nc1nc(Nc2cccc(S(=O)(=O)NCCCc3ccccc3)c2)ncc1Br. The molecule has 8 nitrogen and oxygen atoms in total. The minimum absolute atomic E-state index is 0.0442. The summed E-state index contributed by atoms with van der Waals surface area (Å²) >= 11 is 3.37. The normalized spacial score (nSPS) is 12.3. The molecule has 0 aliphatic carbocycles. The number of nitrogens with zero attached hydrogens (tertiary/aromatic N) is 2. The fourth-order valence-corrected chi connectivity index (χ4v) is 4.33. The number of anilines is 3. The van der Waals surface area contributed by atoms with E-state index in [1.807, 2.05) is 37.3 Å². The van der Waals surface area contributed by atoms with Crippen LogP contribution in [0.2, 0.25) is 0 Å². The molecular weight excluding hydrogens is 494 g/mol. The summed E-state index contributed by atoms with van der Waals surface area (Å²) in [6.07, 6.45) is 3.09. The van der Waals surface area contributed by atoms with Crippen LogP contribution in [0.15, 0.2) is 70.2 Å². The van der Waals surface area contributed by atoms with Gasteiger partial charge >= 0.3 is 0 Å². The van der Waals surface area contributed by atoms with E-state index < -0.39 is 10.0 Å². The molecule has 170 valence electrons. The van der Waals surface area contributed by atoms with Crippen LogP contribution >= 0.6 is 15.9 Å². The molecule has 10 heteroatoms. The smallest absolute Gasteiger partial charge is 0.240 e. The Bertz CT molecular complexity index is 1130. The standard InChI is InChI=1S/C22H26BrN5O3S/c1-16(15-29)26-21-20(23)14-24-22(28-21)27-18-10-5-11-19(13-18)32(30,31)25-12-6-9-17-7-3-2-4-8-17/h2-5,7-8,10-11,13-14,16,25,29H,6,9,12,15H2,1H3,(H2,24,26,27,28)/t16-/m1/s1. The first kappa shape index (κ1) is 24.1. The Morgan fingerprint density at radius 3 is 2.66 bits per heavy atom. The van der Waals surface area contributed by atoms with Crippen molar-refractivity contribution in [2.75, 3.05) is 23.8 Å². The lowest BCUT2D eigenvalue weighted by Crippen LogP contribution is -2.25. The van der Waals surface area contributed by atoms with Gasteiger partial charge in [-0.25, -0.2) is 18.1 Å². The van der Waals surface area contributed by atoms with Gasteiger partial charge in [0.1, 0.15) is 5.82 Å². The maximum atomic E-state index is 12.7. The second kappa shape index (κ2) is 11.4. The van der Waals surface area contributed by atoms with Crippen LogP contribution in [0.1, 0.15) is 18.9 Å². The fraction of sp³-hybridized carbons (Fsp3) is 0.273. The third-order valence-corrected chi connectivity index (χ3v) is 6.62. The minimum Gasteiger partial charge on any atom is -0.394 e. The molecule has 0 aliphatic heterocycles. The van der Waals surface area contributed by atoms with Crippen LogP contribution in [0, 0.1) is 0 Å². The highest BCUT2D eigenvalue weighted by molar-refractivity contribution is 9.10. The molecule has 1 heterocycles. The Balaban J connectivity index is 1.63. The Morgan fingerprint density at radius 2 is 1.91 bits per heavy atom. The zero-order chi connectivity index (χ0) is 23.0. The topological polar surface area (TPSA) is 116 Å². The molecule has 0 amide bonds. The molecule has 0 saturated carbocycles. The van der Waals surface area contributed by atoms with Crippen LogP contribution in [0.4, 0.5) is 17.5 Å². The van der Waals surface area contributed by atoms with Gasteiger partial charge in [0.05, 0.1) is 16.0 Å². The van der Waals surface area contributed by atoms with Crippen molar-refractivity contribution in [1.82, 2.24) is 14.7 Å². The van der Waals surface area contributed by atoms with Crippen LogP contribution in [0.25, 0.3) is 0 Å². The highest BCUT2D eigenvalue weighted by Gasteiger charge is 2.14. The first-order valence-corrected chi connectivity index (χ1v) is 12.5. The average Bonchev–Trinajstić information content (AvgIpc) is 2.80. The molecule has 0 bridgehead atoms. The number of rotatable bonds is 11. The molecule has 4 N–H and O–H groups in total. The third-order valence-electron chi connectivity index (χ3n) is 4.58. The van der Waals surface area contributed by atoms with Gasteiger partial charge in [0.2, 0.25) is 16.0 Å². The molecule has 0 aliphatic rings. The largest absolute Gasteiger partial charge is 0.394 e. The number of nitrogens with one attached hydrogen (secondary N) is 3. The number of aliphatic hydroxyl groups excluding tert-OH is 1. The second-order valence-electron chi connectivity index (χ2n) is 7.26. The Kier molecular flexibility index (Phi) is 8.57. The molecule has 1 atom stereocenters. The predicted molar refractivity (Wildman–Crippen MR) is 130 cm³/mol. The van der Waals surface area contributed by atoms with Gasteiger partial charge < -0.3 is 15.7 Å². The number of aliphatic hydroxyl groups is 1. The number of sulfonamides is 1. The fourth-order valence-electron chi connectivity index (χ4n) is 2.90. The summed E-state index contributed by atoms with van der Waals surface area (Å²) in [6.45, 7) is 2.13. The predicted octanol–water partition coefficient (Wildman–Crippen LogP) is 3.69. The van der Waals surface area contributed by atoms with Crippen LogP contribution in [-0.2, 0) is 16.4 Å². The van der Waals surface area contributed by atoms with Gasteiger partial charge in [-0.05, 0) is 59.5 Å². The van der Waals surface area contributed by atoms with Crippen LogP contribution in [0.5, 0.6) is 0 Å². The number of aryl methyl sites for hydroxylation is 1. The quantitative estimate of drug-likeness (QED) is 0.285. The van der Waals surface area contributed by atoms with Crippen molar-refractivity contribution in [1.29, 1.82) is 0 Å². The molecule has 0 radical (unpaired) electrons. The van der Waals surface area contributed by atoms with E-state index in [9.17, 15) is 13.5 Å². The molecule has 1 aromatic heterocycles. The molecule has 0 saturated heterocycles. The first-order chi connectivity index (χ1) is 15.4. The van der Waals surface area contributed by atoms with E-state index in [1.54, 1.807) is 24.4 Å². The van der Waals surface area contributed by atoms with Crippen LogP contribution in [-0.4, -0.2) is 42.7 Å². The maximum Gasteiger partial charge on any atom is 0.240 e. The molecule has 0 fully saturated rings. The number of hydrogen-bond acceptors (Lipinski definition) is 7. The Hall–Kier alpha value is -2.53. The van der Waals surface area contributed by atoms with Gasteiger partial charge in [0.15, 0.2) is 0 Å². The highest BCUT2D eigenvalue weighted by atomic mass is 79.9. The average molecular weight is 520 g/mol. The van der Waals surface area contributed by atoms with E-state index in [1.165, 1.54) is 11.6 Å². The molecule has 3 rings (SSSR count). The lowest BCUT2D eigenvalue weighted by atomic mass is 10.1. The summed E-state index contributed by atoms with van der Waals surface area (Å²) in [7, 11) is -3.64. The molecular formula is C22H26BrN5O3S. The summed E-state index contributed by atoms with van der Waals surface area (Å²) in [4.78, 5) is 8.75. The van der Waals surface area contributed by atoms with Crippen molar-refractivity contribution < 1.29 is 13.5 Å². The molecule has 2 aromatic carbocycles. The van der Waals surface area contributed by atoms with Crippen LogP contribution < -0.4 is 15.4 Å². The summed E-state index contributed by atoms with van der Waals surface area (Å²) < 4.78 is 28.7. The number of halogens is 1. The van der Waals surface area contributed by atoms with Crippen molar-refractivity contribution in [2.45, 2.75) is 30.7 Å². The number of aromatic nitrogens is 2. The van der Waals surface area contributed by atoms with E-state index >= 15 is 0 Å². The van der Waals surface area contributed by atoms with Gasteiger partial charge in [-0.1, -0.05) is 36.4 Å². The molecule has 32 heavy (non-hydrogen) atoms. The number of benzene rings is 2. The minimum atomic E-state index is -3.64. The molecule has 0 unspecified atom stereocenters. The van der Waals surface area contributed by atoms with Gasteiger partial charge in [0.25, 0.3) is 0 Å². The lowest BCUT2D eigenvalue weighted by Gasteiger charge is -2.14. The molecule has 0 spiro atoms. The summed E-state index contributed by atoms with van der Waals surface area (Å²) in [5.74, 6) is 0.819. The van der Waals surface area contributed by atoms with E-state index in [0.717, 1.165) is 6.42 Å². The van der Waals surface area contributed by atoms with Crippen molar-refractivity contribution in [2.24, 2.45) is 0 Å². The summed E-state index contributed by atoms with van der Waals surface area (Å²) in [6, 6.07) is 16.2. The first-order valence-electron chi connectivity index (χ1n) is 10.2. The lowest BCUT2D eigenvalue weighted by molar-refractivity contribution is 0.281. The summed E-state index contributed by atoms with van der Waals surface area (Å²) in [5.41, 5.74) is 1.72. The van der Waals surface area contributed by atoms with Crippen molar-refractivity contribution in [3.05, 3.63) is 70.8 Å².